The van der Waals surface area contributed by atoms with Crippen LogP contribution in [0.4, 0.5) is 0 Å². The molecule has 1 fully saturated rings. The predicted molar refractivity (Wildman–Crippen MR) is 105 cm³/mol. The molecule has 0 aromatic heterocycles. The van der Waals surface area contributed by atoms with Crippen molar-refractivity contribution in [2.24, 2.45) is 0 Å². The number of amides is 1. The largest absolute Gasteiger partial charge is 0.377 e. The van der Waals surface area contributed by atoms with Gasteiger partial charge in [-0.1, -0.05) is 24.6 Å². The Morgan fingerprint density at radius 3 is 2.00 bits per heavy atom. The summed E-state index contributed by atoms with van der Waals surface area (Å²) in [5.41, 5.74) is 0.965. The van der Waals surface area contributed by atoms with Crippen molar-refractivity contribution in [2.75, 3.05) is 52.7 Å². The van der Waals surface area contributed by atoms with Crippen molar-refractivity contribution in [1.29, 1.82) is 0 Å². The summed E-state index contributed by atoms with van der Waals surface area (Å²) in [6.45, 7) is 6.95. The molecule has 0 radical (unpaired) electrons. The fourth-order valence-corrected chi connectivity index (χ4v) is 4.00. The molecule has 0 spiro atoms. The van der Waals surface area contributed by atoms with Crippen molar-refractivity contribution < 1.29 is 27.4 Å². The van der Waals surface area contributed by atoms with Crippen LogP contribution in [-0.2, 0) is 29.0 Å². The van der Waals surface area contributed by atoms with Crippen molar-refractivity contribution in [3.05, 3.63) is 29.8 Å². The zero-order chi connectivity index (χ0) is 20.4. The second kappa shape index (κ2) is 11.5. The summed E-state index contributed by atoms with van der Waals surface area (Å²) < 4.78 is 44.2. The van der Waals surface area contributed by atoms with Gasteiger partial charge in [-0.15, -0.1) is 0 Å². The fourth-order valence-electron chi connectivity index (χ4n) is 2.73. The number of sulfonamides is 1. The molecule has 1 amide bonds. The minimum absolute atomic E-state index is 0.143. The lowest BCUT2D eigenvalue weighted by atomic mass is 10.2. The number of nitrogens with one attached hydrogen (secondary N) is 1. The van der Waals surface area contributed by atoms with Gasteiger partial charge < -0.3 is 19.1 Å². The van der Waals surface area contributed by atoms with Gasteiger partial charge in [0.1, 0.15) is 6.04 Å². The second-order valence-corrected chi connectivity index (χ2v) is 8.27. The van der Waals surface area contributed by atoms with E-state index in [0.29, 0.717) is 59.2 Å². The predicted octanol–water partition coefficient (Wildman–Crippen LogP) is 0.944. The van der Waals surface area contributed by atoms with Crippen LogP contribution in [-0.4, -0.2) is 78.0 Å². The highest BCUT2D eigenvalue weighted by Gasteiger charge is 2.28. The Labute approximate surface area is 167 Å². The Balaban J connectivity index is 2.05. The number of benzene rings is 1. The van der Waals surface area contributed by atoms with Crippen molar-refractivity contribution in [3.63, 3.8) is 0 Å². The van der Waals surface area contributed by atoms with E-state index >= 15 is 0 Å². The van der Waals surface area contributed by atoms with E-state index in [2.05, 4.69) is 4.72 Å². The van der Waals surface area contributed by atoms with Crippen LogP contribution in [0.25, 0.3) is 0 Å². The van der Waals surface area contributed by atoms with E-state index in [4.69, 9.17) is 14.2 Å². The van der Waals surface area contributed by atoms with E-state index in [9.17, 15) is 13.2 Å². The van der Waals surface area contributed by atoms with E-state index in [0.717, 1.165) is 5.56 Å². The summed E-state index contributed by atoms with van der Waals surface area (Å²) in [5.74, 6) is -0.279. The molecule has 1 aromatic carbocycles. The van der Waals surface area contributed by atoms with Gasteiger partial charge in [0.15, 0.2) is 0 Å². The van der Waals surface area contributed by atoms with Crippen LogP contribution in [0.2, 0.25) is 0 Å². The number of rotatable bonds is 5. The second-order valence-electron chi connectivity index (χ2n) is 6.56. The highest BCUT2D eigenvalue weighted by atomic mass is 32.2. The first kappa shape index (κ1) is 22.8. The topological polar surface area (TPSA) is 94.2 Å². The molecule has 1 aliphatic heterocycles. The summed E-state index contributed by atoms with van der Waals surface area (Å²) in [5, 5.41) is 0. The lowest BCUT2D eigenvalue weighted by Crippen LogP contribution is -2.50. The number of aryl methyl sites for hydroxylation is 1. The molecule has 1 heterocycles. The van der Waals surface area contributed by atoms with Gasteiger partial charge in [0.25, 0.3) is 0 Å². The third kappa shape index (κ3) is 7.14. The summed E-state index contributed by atoms with van der Waals surface area (Å²) in [7, 11) is -3.79. The highest BCUT2D eigenvalue weighted by molar-refractivity contribution is 7.89. The molecular formula is C19H30N2O6S. The molecule has 1 N–H and O–H groups in total. The normalized spacial score (nSPS) is 18.7. The number of hydrogen-bond donors (Lipinski definition) is 1. The van der Waals surface area contributed by atoms with Gasteiger partial charge in [0.05, 0.1) is 44.5 Å². The van der Waals surface area contributed by atoms with Gasteiger partial charge in [-0.25, -0.2) is 8.42 Å². The Bertz CT molecular complexity index is 696. The Morgan fingerprint density at radius 1 is 1.00 bits per heavy atom. The molecule has 0 saturated carbocycles. The average Bonchev–Trinajstić information content (AvgIpc) is 2.66. The van der Waals surface area contributed by atoms with Crippen LogP contribution in [0.1, 0.15) is 18.9 Å². The molecule has 8 nitrogen and oxygen atoms in total. The van der Waals surface area contributed by atoms with Gasteiger partial charge in [0, 0.05) is 13.1 Å². The quantitative estimate of drug-likeness (QED) is 0.771. The summed E-state index contributed by atoms with van der Waals surface area (Å²) in [6.07, 6.45) is 0.343. The third-order valence-corrected chi connectivity index (χ3v) is 5.89. The summed E-state index contributed by atoms with van der Waals surface area (Å²) in [6, 6.07) is 5.68. The van der Waals surface area contributed by atoms with Crippen LogP contribution >= 0.6 is 0 Å². The van der Waals surface area contributed by atoms with Crippen LogP contribution in [0.3, 0.4) is 0 Å². The Morgan fingerprint density at radius 2 is 1.50 bits per heavy atom. The maximum atomic E-state index is 13.0. The number of nitrogens with zero attached hydrogens (tertiary/aromatic N) is 1. The maximum Gasteiger partial charge on any atom is 0.241 e. The smallest absolute Gasteiger partial charge is 0.241 e. The van der Waals surface area contributed by atoms with E-state index in [-0.39, 0.29) is 10.8 Å². The SMILES string of the molecule is CC[C@H](NS(=O)(=O)c1ccc(C)cc1)C(=O)N1CCOCCOCCOCC1. The molecule has 1 aliphatic rings. The van der Waals surface area contributed by atoms with Gasteiger partial charge in [-0.3, -0.25) is 4.79 Å². The third-order valence-electron chi connectivity index (χ3n) is 4.40. The number of carbonyl (C=O) groups is 1. The minimum atomic E-state index is -3.79. The van der Waals surface area contributed by atoms with Crippen molar-refractivity contribution in [2.45, 2.75) is 31.2 Å². The number of hydrogen-bond acceptors (Lipinski definition) is 6. The molecule has 9 heteroatoms. The molecule has 28 heavy (non-hydrogen) atoms. The minimum Gasteiger partial charge on any atom is -0.377 e. The zero-order valence-corrected chi connectivity index (χ0v) is 17.4. The summed E-state index contributed by atoms with van der Waals surface area (Å²) >= 11 is 0. The molecule has 1 atom stereocenters. The molecule has 1 aromatic rings. The van der Waals surface area contributed by atoms with Crippen molar-refractivity contribution in [1.82, 2.24) is 9.62 Å². The van der Waals surface area contributed by atoms with E-state index in [1.807, 2.05) is 6.92 Å². The number of carbonyl (C=O) groups excluding carboxylic acids is 1. The monoisotopic (exact) mass is 414 g/mol. The molecular weight excluding hydrogens is 384 g/mol. The number of ether oxygens (including phenoxy) is 3. The first-order chi connectivity index (χ1) is 13.4. The van der Waals surface area contributed by atoms with Gasteiger partial charge in [0.2, 0.25) is 15.9 Å². The fraction of sp³-hybridized carbons (Fsp3) is 0.632. The zero-order valence-electron chi connectivity index (χ0n) is 16.6. The average molecular weight is 415 g/mol. The van der Waals surface area contributed by atoms with Crippen LogP contribution < -0.4 is 4.72 Å². The Hall–Kier alpha value is -1.52. The molecule has 0 aliphatic carbocycles. The first-order valence-corrected chi connectivity index (χ1v) is 11.0. The molecule has 0 unspecified atom stereocenters. The van der Waals surface area contributed by atoms with E-state index in [1.165, 1.54) is 12.1 Å². The molecule has 1 saturated heterocycles. The van der Waals surface area contributed by atoms with Crippen LogP contribution in [0.5, 0.6) is 0 Å². The standard InChI is InChI=1S/C19H30N2O6S/c1-3-18(20-28(23,24)17-6-4-16(2)5-7-17)19(22)21-8-10-25-12-14-27-15-13-26-11-9-21/h4-7,18,20H,3,8-15H2,1-2H3/t18-/m0/s1. The molecule has 0 bridgehead atoms. The van der Waals surface area contributed by atoms with Gasteiger partial charge in [-0.2, -0.15) is 4.72 Å². The molecule has 2 rings (SSSR count). The van der Waals surface area contributed by atoms with Gasteiger partial charge >= 0.3 is 0 Å². The van der Waals surface area contributed by atoms with Crippen LogP contribution in [0, 0.1) is 6.92 Å². The van der Waals surface area contributed by atoms with Crippen molar-refractivity contribution in [3.8, 4) is 0 Å². The van der Waals surface area contributed by atoms with Gasteiger partial charge in [-0.05, 0) is 25.5 Å². The van der Waals surface area contributed by atoms with Crippen molar-refractivity contribution >= 4 is 15.9 Å². The highest BCUT2D eigenvalue weighted by Crippen LogP contribution is 2.12. The van der Waals surface area contributed by atoms with Crippen LogP contribution in [0.15, 0.2) is 29.2 Å². The lowest BCUT2D eigenvalue weighted by Gasteiger charge is -2.27. The molecule has 158 valence electrons. The lowest BCUT2D eigenvalue weighted by molar-refractivity contribution is -0.135. The van der Waals surface area contributed by atoms with E-state index in [1.54, 1.807) is 24.0 Å². The first-order valence-electron chi connectivity index (χ1n) is 9.55. The van der Waals surface area contributed by atoms with E-state index < -0.39 is 16.1 Å². The maximum absolute atomic E-state index is 13.0. The summed E-state index contributed by atoms with van der Waals surface area (Å²) in [4.78, 5) is 14.7. The Kier molecular flexibility index (Phi) is 9.33.